The van der Waals surface area contributed by atoms with Crippen LogP contribution in [-0.2, 0) is 0 Å². The van der Waals surface area contributed by atoms with E-state index < -0.39 is 0 Å². The van der Waals surface area contributed by atoms with E-state index in [1.807, 2.05) is 13.0 Å². The molecule has 3 nitrogen and oxygen atoms in total. The Hall–Kier alpha value is -1.25. The third kappa shape index (κ3) is 3.20. The molecule has 0 saturated heterocycles. The second kappa shape index (κ2) is 5.81. The first-order chi connectivity index (χ1) is 9.36. The minimum Gasteiger partial charge on any atom is -0.476 e. The van der Waals surface area contributed by atoms with Crippen LogP contribution in [0.5, 0.6) is 5.88 Å². The summed E-state index contributed by atoms with van der Waals surface area (Å²) >= 11 is 0. The molecule has 2 unspecified atom stereocenters. The van der Waals surface area contributed by atoms with Crippen LogP contribution in [0.4, 0.5) is 5.69 Å². The Morgan fingerprint density at radius 1 is 1.26 bits per heavy atom. The van der Waals surface area contributed by atoms with Crippen molar-refractivity contribution in [2.24, 2.45) is 11.8 Å². The summed E-state index contributed by atoms with van der Waals surface area (Å²) in [5, 5.41) is 3.66. The standard InChI is InChI=1S/C16H24N2O/c1-2-19-16-15(7-4-10-17-16)18-14-6-3-5-13(11-14)12-8-9-12/h4,7,10,12-14,18H,2-3,5-6,8-9,11H2,1H3. The van der Waals surface area contributed by atoms with Gasteiger partial charge in [-0.15, -0.1) is 0 Å². The average Bonchev–Trinajstić information content (AvgIpc) is 3.26. The summed E-state index contributed by atoms with van der Waals surface area (Å²) in [5.41, 5.74) is 1.06. The van der Waals surface area contributed by atoms with E-state index in [9.17, 15) is 0 Å². The number of hydrogen-bond donors (Lipinski definition) is 1. The zero-order chi connectivity index (χ0) is 13.1. The monoisotopic (exact) mass is 260 g/mol. The summed E-state index contributed by atoms with van der Waals surface area (Å²) < 4.78 is 5.59. The maximum absolute atomic E-state index is 5.59. The van der Waals surface area contributed by atoms with Crippen molar-refractivity contribution in [1.29, 1.82) is 0 Å². The van der Waals surface area contributed by atoms with Crippen LogP contribution in [0.3, 0.4) is 0 Å². The Bertz CT molecular complexity index is 417. The fraction of sp³-hybridized carbons (Fsp3) is 0.688. The largest absolute Gasteiger partial charge is 0.476 e. The van der Waals surface area contributed by atoms with Crippen LogP contribution < -0.4 is 10.1 Å². The fourth-order valence-electron chi connectivity index (χ4n) is 3.33. The van der Waals surface area contributed by atoms with E-state index in [4.69, 9.17) is 4.74 Å². The average molecular weight is 260 g/mol. The quantitative estimate of drug-likeness (QED) is 0.873. The molecular formula is C16H24N2O. The van der Waals surface area contributed by atoms with Crippen LogP contribution in [0, 0.1) is 11.8 Å². The number of aromatic nitrogens is 1. The molecular weight excluding hydrogens is 236 g/mol. The number of ether oxygens (including phenoxy) is 1. The Balaban J connectivity index is 1.63. The van der Waals surface area contributed by atoms with E-state index >= 15 is 0 Å². The van der Waals surface area contributed by atoms with E-state index in [1.165, 1.54) is 38.5 Å². The van der Waals surface area contributed by atoms with Crippen molar-refractivity contribution in [3.05, 3.63) is 18.3 Å². The minimum atomic E-state index is 0.600. The van der Waals surface area contributed by atoms with Crippen molar-refractivity contribution in [2.75, 3.05) is 11.9 Å². The number of anilines is 1. The molecule has 2 aliphatic rings. The fourth-order valence-corrected chi connectivity index (χ4v) is 3.33. The van der Waals surface area contributed by atoms with Crippen LogP contribution in [0.2, 0.25) is 0 Å². The highest BCUT2D eigenvalue weighted by atomic mass is 16.5. The van der Waals surface area contributed by atoms with Gasteiger partial charge in [-0.1, -0.05) is 12.8 Å². The molecule has 0 aliphatic heterocycles. The molecule has 0 amide bonds. The third-order valence-corrected chi connectivity index (χ3v) is 4.42. The Morgan fingerprint density at radius 2 is 2.16 bits per heavy atom. The predicted octanol–water partition coefficient (Wildman–Crippen LogP) is 3.86. The third-order valence-electron chi connectivity index (χ3n) is 4.42. The predicted molar refractivity (Wildman–Crippen MR) is 77.5 cm³/mol. The molecule has 1 heterocycles. The summed E-state index contributed by atoms with van der Waals surface area (Å²) in [7, 11) is 0. The van der Waals surface area contributed by atoms with Gasteiger partial charge in [0.2, 0.25) is 5.88 Å². The van der Waals surface area contributed by atoms with E-state index in [-0.39, 0.29) is 0 Å². The normalized spacial score (nSPS) is 27.0. The maximum Gasteiger partial charge on any atom is 0.237 e. The lowest BCUT2D eigenvalue weighted by Gasteiger charge is -2.30. The lowest BCUT2D eigenvalue weighted by molar-refractivity contribution is 0.300. The highest BCUT2D eigenvalue weighted by Crippen LogP contribution is 2.44. The van der Waals surface area contributed by atoms with Crippen LogP contribution in [0.15, 0.2) is 18.3 Å². The van der Waals surface area contributed by atoms with E-state index in [2.05, 4.69) is 16.4 Å². The molecule has 0 bridgehead atoms. The number of nitrogens with one attached hydrogen (secondary N) is 1. The molecule has 1 N–H and O–H groups in total. The van der Waals surface area contributed by atoms with E-state index in [0.29, 0.717) is 12.6 Å². The van der Waals surface area contributed by atoms with Gasteiger partial charge in [-0.25, -0.2) is 4.98 Å². The van der Waals surface area contributed by atoms with Gasteiger partial charge < -0.3 is 10.1 Å². The molecule has 2 fully saturated rings. The van der Waals surface area contributed by atoms with Gasteiger partial charge in [0, 0.05) is 12.2 Å². The zero-order valence-corrected chi connectivity index (χ0v) is 11.8. The van der Waals surface area contributed by atoms with Crippen molar-refractivity contribution in [3.63, 3.8) is 0 Å². The van der Waals surface area contributed by atoms with Crippen molar-refractivity contribution in [1.82, 2.24) is 4.98 Å². The summed E-state index contributed by atoms with van der Waals surface area (Å²) in [6.07, 6.45) is 10.1. The Morgan fingerprint density at radius 3 is 2.95 bits per heavy atom. The molecule has 3 rings (SSSR count). The molecule has 0 radical (unpaired) electrons. The molecule has 1 aromatic heterocycles. The molecule has 104 valence electrons. The van der Waals surface area contributed by atoms with Gasteiger partial charge in [0.05, 0.1) is 12.3 Å². The number of rotatable bonds is 5. The van der Waals surface area contributed by atoms with Crippen LogP contribution in [0.1, 0.15) is 45.4 Å². The van der Waals surface area contributed by atoms with Crippen molar-refractivity contribution >= 4 is 5.69 Å². The molecule has 2 atom stereocenters. The van der Waals surface area contributed by atoms with Crippen LogP contribution in [0.25, 0.3) is 0 Å². The number of hydrogen-bond acceptors (Lipinski definition) is 3. The van der Waals surface area contributed by atoms with Crippen molar-refractivity contribution in [2.45, 2.75) is 51.5 Å². The molecule has 2 aliphatic carbocycles. The van der Waals surface area contributed by atoms with Gasteiger partial charge in [0.25, 0.3) is 0 Å². The smallest absolute Gasteiger partial charge is 0.237 e. The van der Waals surface area contributed by atoms with Gasteiger partial charge in [-0.05, 0) is 56.6 Å². The van der Waals surface area contributed by atoms with Crippen LogP contribution in [-0.4, -0.2) is 17.6 Å². The molecule has 0 aromatic carbocycles. The summed E-state index contributed by atoms with van der Waals surface area (Å²) in [6.45, 7) is 2.67. The van der Waals surface area contributed by atoms with Crippen molar-refractivity contribution in [3.8, 4) is 5.88 Å². The number of nitrogens with zero attached hydrogens (tertiary/aromatic N) is 1. The summed E-state index contributed by atoms with van der Waals surface area (Å²) in [5.74, 6) is 2.74. The Labute approximate surface area is 115 Å². The first-order valence-electron chi connectivity index (χ1n) is 7.71. The zero-order valence-electron chi connectivity index (χ0n) is 11.8. The van der Waals surface area contributed by atoms with Gasteiger partial charge >= 0.3 is 0 Å². The molecule has 0 spiro atoms. The molecule has 19 heavy (non-hydrogen) atoms. The maximum atomic E-state index is 5.59. The molecule has 1 aromatic rings. The van der Waals surface area contributed by atoms with E-state index in [0.717, 1.165) is 23.4 Å². The van der Waals surface area contributed by atoms with E-state index in [1.54, 1.807) is 6.20 Å². The minimum absolute atomic E-state index is 0.600. The SMILES string of the molecule is CCOc1ncccc1NC1CCCC(C2CC2)C1. The Kier molecular flexibility index (Phi) is 3.90. The summed E-state index contributed by atoms with van der Waals surface area (Å²) in [4.78, 5) is 4.32. The number of pyridine rings is 1. The van der Waals surface area contributed by atoms with Gasteiger partial charge in [0.15, 0.2) is 0 Å². The first kappa shape index (κ1) is 12.8. The lowest BCUT2D eigenvalue weighted by atomic mass is 9.82. The second-order valence-electron chi connectivity index (χ2n) is 5.89. The summed E-state index contributed by atoms with van der Waals surface area (Å²) in [6, 6.07) is 4.66. The van der Waals surface area contributed by atoms with Gasteiger partial charge in [-0.3, -0.25) is 0 Å². The molecule has 2 saturated carbocycles. The first-order valence-corrected chi connectivity index (χ1v) is 7.71. The highest BCUT2D eigenvalue weighted by Gasteiger charge is 2.34. The van der Waals surface area contributed by atoms with Crippen LogP contribution >= 0.6 is 0 Å². The second-order valence-corrected chi connectivity index (χ2v) is 5.89. The topological polar surface area (TPSA) is 34.1 Å². The molecule has 3 heteroatoms. The van der Waals surface area contributed by atoms with Crippen molar-refractivity contribution < 1.29 is 4.74 Å². The van der Waals surface area contributed by atoms with Gasteiger partial charge in [0.1, 0.15) is 0 Å². The van der Waals surface area contributed by atoms with Gasteiger partial charge in [-0.2, -0.15) is 0 Å². The highest BCUT2D eigenvalue weighted by molar-refractivity contribution is 5.52. The lowest BCUT2D eigenvalue weighted by Crippen LogP contribution is -2.28.